The van der Waals surface area contributed by atoms with Crippen molar-refractivity contribution in [2.45, 2.75) is 24.9 Å². The van der Waals surface area contributed by atoms with Crippen molar-refractivity contribution < 1.29 is 14.7 Å². The van der Waals surface area contributed by atoms with E-state index in [1.54, 1.807) is 6.92 Å². The molecular formula is C10H13N3O4S. The number of aromatic nitrogens is 2. The number of thioether (sulfide) groups is 1. The summed E-state index contributed by atoms with van der Waals surface area (Å²) in [6, 6.07) is 0.276. The van der Waals surface area contributed by atoms with Crippen molar-refractivity contribution in [2.24, 2.45) is 0 Å². The fraction of sp³-hybridized carbons (Fsp3) is 0.400. The number of aromatic amines is 1. The molecule has 1 atom stereocenters. The minimum Gasteiger partial charge on any atom is -0.480 e. The topological polar surface area (TPSA) is 112 Å². The van der Waals surface area contributed by atoms with E-state index in [-0.39, 0.29) is 11.3 Å². The van der Waals surface area contributed by atoms with Crippen LogP contribution in [0.1, 0.15) is 12.7 Å². The normalized spacial score (nSPS) is 11.9. The maximum absolute atomic E-state index is 11.2. The Hall–Kier alpha value is -1.83. The van der Waals surface area contributed by atoms with Crippen LogP contribution in [0.25, 0.3) is 0 Å². The third kappa shape index (κ3) is 4.58. The number of amides is 1. The third-order valence-electron chi connectivity index (χ3n) is 1.91. The minimum absolute atomic E-state index is 0.102. The van der Waals surface area contributed by atoms with Crippen LogP contribution in [-0.2, 0) is 9.59 Å². The van der Waals surface area contributed by atoms with Gasteiger partial charge in [0.05, 0.1) is 0 Å². The number of hydrogen-bond acceptors (Lipinski definition) is 5. The molecule has 3 N–H and O–H groups in total. The maximum atomic E-state index is 11.2. The molecule has 7 nitrogen and oxygen atoms in total. The zero-order chi connectivity index (χ0) is 13.7. The van der Waals surface area contributed by atoms with Crippen LogP contribution in [0.2, 0.25) is 0 Å². The van der Waals surface area contributed by atoms with Gasteiger partial charge in [0.25, 0.3) is 5.56 Å². The Morgan fingerprint density at radius 2 is 2.28 bits per heavy atom. The van der Waals surface area contributed by atoms with E-state index >= 15 is 0 Å². The van der Waals surface area contributed by atoms with Gasteiger partial charge >= 0.3 is 5.97 Å². The number of rotatable bonds is 5. The van der Waals surface area contributed by atoms with Crippen LogP contribution in [0, 0.1) is 6.92 Å². The van der Waals surface area contributed by atoms with Crippen molar-refractivity contribution in [1.29, 1.82) is 0 Å². The number of carboxylic acid groups (broad SMARTS) is 1. The number of nitrogens with one attached hydrogen (secondary N) is 2. The van der Waals surface area contributed by atoms with Crippen molar-refractivity contribution in [2.75, 3.05) is 5.75 Å². The summed E-state index contributed by atoms with van der Waals surface area (Å²) in [5.74, 6) is -0.987. The lowest BCUT2D eigenvalue weighted by atomic mass is 10.3. The smallest absolute Gasteiger partial charge is 0.327 e. The third-order valence-corrected chi connectivity index (χ3v) is 2.91. The predicted molar refractivity (Wildman–Crippen MR) is 65.6 cm³/mol. The van der Waals surface area contributed by atoms with Gasteiger partial charge in [0.2, 0.25) is 5.91 Å². The number of carbonyl (C=O) groups is 2. The summed E-state index contributed by atoms with van der Waals surface area (Å²) in [5, 5.41) is 11.6. The molecular weight excluding hydrogens is 258 g/mol. The zero-order valence-electron chi connectivity index (χ0n) is 9.89. The lowest BCUT2D eigenvalue weighted by Crippen LogP contribution is -2.41. The first-order chi connectivity index (χ1) is 8.38. The number of aliphatic carboxylic acids is 1. The number of carboxylic acids is 1. The number of H-pyrrole nitrogens is 1. The van der Waals surface area contributed by atoms with E-state index in [0.717, 1.165) is 11.8 Å². The highest BCUT2D eigenvalue weighted by molar-refractivity contribution is 7.99. The first kappa shape index (κ1) is 14.2. The summed E-state index contributed by atoms with van der Waals surface area (Å²) in [6.45, 7) is 2.88. The molecule has 18 heavy (non-hydrogen) atoms. The fourth-order valence-electron chi connectivity index (χ4n) is 1.21. The van der Waals surface area contributed by atoms with Crippen LogP contribution in [0.5, 0.6) is 0 Å². The van der Waals surface area contributed by atoms with Gasteiger partial charge < -0.3 is 15.4 Å². The summed E-state index contributed by atoms with van der Waals surface area (Å²) < 4.78 is 0. The molecule has 0 spiro atoms. The van der Waals surface area contributed by atoms with Crippen LogP contribution in [0.4, 0.5) is 0 Å². The van der Waals surface area contributed by atoms with Gasteiger partial charge in [0.1, 0.15) is 16.9 Å². The molecule has 0 saturated carbocycles. The Kier molecular flexibility index (Phi) is 4.90. The number of hydrogen-bond donors (Lipinski definition) is 3. The first-order valence-electron chi connectivity index (χ1n) is 5.09. The van der Waals surface area contributed by atoms with E-state index in [1.807, 2.05) is 0 Å². The van der Waals surface area contributed by atoms with Gasteiger partial charge in [-0.05, 0) is 6.92 Å². The Bertz CT molecular complexity index is 514. The summed E-state index contributed by atoms with van der Waals surface area (Å²) >= 11 is 1.10. The average Bonchev–Trinajstić information content (AvgIpc) is 2.21. The van der Waals surface area contributed by atoms with Crippen LogP contribution < -0.4 is 10.9 Å². The van der Waals surface area contributed by atoms with Gasteiger partial charge in [-0.1, -0.05) is 0 Å². The van der Waals surface area contributed by atoms with Gasteiger partial charge in [-0.2, -0.15) is 0 Å². The van der Waals surface area contributed by atoms with Crippen molar-refractivity contribution in [3.05, 3.63) is 22.2 Å². The van der Waals surface area contributed by atoms with Crippen LogP contribution in [0.15, 0.2) is 15.9 Å². The Labute approximate surface area is 107 Å². The molecule has 1 aromatic rings. The molecule has 0 radical (unpaired) electrons. The van der Waals surface area contributed by atoms with Gasteiger partial charge in [-0.25, -0.2) is 9.78 Å². The van der Waals surface area contributed by atoms with Crippen LogP contribution >= 0.6 is 11.8 Å². The van der Waals surface area contributed by atoms with Gasteiger partial charge in [-0.3, -0.25) is 9.59 Å². The molecule has 1 rings (SSSR count). The molecule has 0 fully saturated rings. The molecule has 1 heterocycles. The Morgan fingerprint density at radius 1 is 1.61 bits per heavy atom. The van der Waals surface area contributed by atoms with Crippen molar-refractivity contribution in [3.63, 3.8) is 0 Å². The van der Waals surface area contributed by atoms with E-state index in [2.05, 4.69) is 15.3 Å². The monoisotopic (exact) mass is 271 g/mol. The second-order valence-electron chi connectivity index (χ2n) is 3.57. The molecule has 8 heteroatoms. The largest absolute Gasteiger partial charge is 0.480 e. The van der Waals surface area contributed by atoms with E-state index < -0.39 is 17.9 Å². The Morgan fingerprint density at radius 3 is 2.78 bits per heavy atom. The van der Waals surface area contributed by atoms with E-state index in [4.69, 9.17) is 5.11 Å². The molecule has 98 valence electrons. The van der Waals surface area contributed by atoms with Crippen LogP contribution in [0.3, 0.4) is 0 Å². The highest BCUT2D eigenvalue weighted by Crippen LogP contribution is 2.14. The minimum atomic E-state index is -1.13. The quantitative estimate of drug-likeness (QED) is 0.503. The van der Waals surface area contributed by atoms with Crippen molar-refractivity contribution >= 4 is 23.6 Å². The van der Waals surface area contributed by atoms with E-state index in [9.17, 15) is 14.4 Å². The molecule has 0 aromatic carbocycles. The molecule has 0 aliphatic carbocycles. The standard InChI is InChI=1S/C10H13N3O4S/c1-5-11-8(15)3-9(12-5)18-4-7(10(16)17)13-6(2)14/h3,7H,4H2,1-2H3,(H,13,14)(H,16,17)(H,11,12,15). The Balaban J connectivity index is 2.69. The SMILES string of the molecule is CC(=O)NC(CSc1cc(=O)[nH]c(C)n1)C(=O)O. The molecule has 1 unspecified atom stereocenters. The van der Waals surface area contributed by atoms with E-state index in [1.165, 1.54) is 13.0 Å². The fourth-order valence-corrected chi connectivity index (χ4v) is 2.17. The number of nitrogens with zero attached hydrogens (tertiary/aromatic N) is 1. The highest BCUT2D eigenvalue weighted by Gasteiger charge is 2.18. The average molecular weight is 271 g/mol. The number of aryl methyl sites for hydroxylation is 1. The zero-order valence-corrected chi connectivity index (χ0v) is 10.7. The van der Waals surface area contributed by atoms with Crippen LogP contribution in [-0.4, -0.2) is 38.7 Å². The van der Waals surface area contributed by atoms with Gasteiger partial charge in [0, 0.05) is 18.7 Å². The second kappa shape index (κ2) is 6.20. The molecule has 0 aliphatic rings. The van der Waals surface area contributed by atoms with E-state index in [0.29, 0.717) is 10.9 Å². The summed E-state index contributed by atoms with van der Waals surface area (Å²) in [6.07, 6.45) is 0. The summed E-state index contributed by atoms with van der Waals surface area (Å²) in [4.78, 5) is 39.4. The number of carbonyl (C=O) groups excluding carboxylic acids is 1. The molecule has 1 amide bonds. The summed E-state index contributed by atoms with van der Waals surface area (Å²) in [5.41, 5.74) is -0.295. The van der Waals surface area contributed by atoms with Gasteiger partial charge in [-0.15, -0.1) is 11.8 Å². The highest BCUT2D eigenvalue weighted by atomic mass is 32.2. The molecule has 0 saturated heterocycles. The second-order valence-corrected chi connectivity index (χ2v) is 4.61. The first-order valence-corrected chi connectivity index (χ1v) is 6.07. The molecule has 0 aliphatic heterocycles. The lowest BCUT2D eigenvalue weighted by molar-refractivity contribution is -0.140. The van der Waals surface area contributed by atoms with Crippen molar-refractivity contribution in [3.8, 4) is 0 Å². The lowest BCUT2D eigenvalue weighted by Gasteiger charge is -2.12. The molecule has 1 aromatic heterocycles. The predicted octanol–water partition coefficient (Wildman–Crippen LogP) is -0.240. The summed E-state index contributed by atoms with van der Waals surface area (Å²) in [7, 11) is 0. The maximum Gasteiger partial charge on any atom is 0.327 e. The van der Waals surface area contributed by atoms with Crippen molar-refractivity contribution in [1.82, 2.24) is 15.3 Å². The van der Waals surface area contributed by atoms with Gasteiger partial charge in [0.15, 0.2) is 0 Å². The molecule has 0 bridgehead atoms.